The van der Waals surface area contributed by atoms with Crippen molar-refractivity contribution in [2.45, 2.75) is 19.3 Å². The van der Waals surface area contributed by atoms with E-state index in [1.165, 1.54) is 31.5 Å². The molecule has 3 rings (SSSR count). The van der Waals surface area contributed by atoms with Crippen LogP contribution in [0.25, 0.3) is 0 Å². The predicted octanol–water partition coefficient (Wildman–Crippen LogP) is 3.34. The van der Waals surface area contributed by atoms with Crippen LogP contribution in [0.5, 0.6) is 0 Å². The van der Waals surface area contributed by atoms with Crippen molar-refractivity contribution in [2.24, 2.45) is 0 Å². The summed E-state index contributed by atoms with van der Waals surface area (Å²) in [6.07, 6.45) is 3.79. The highest BCUT2D eigenvalue weighted by atomic mass is 15.1. The Hall–Kier alpha value is -2.38. The van der Waals surface area contributed by atoms with Gasteiger partial charge < -0.3 is 10.2 Å². The standard InChI is InChI=1S/C18H20N4/c19-14-17-4-3-5-18(21-17)20-16-8-6-15(7-9-16)10-13-22-11-1-2-12-22/h3-9H,1-2,10-13H2,(H,20,21). The van der Waals surface area contributed by atoms with Crippen LogP contribution in [0.1, 0.15) is 24.1 Å². The number of hydrogen-bond donors (Lipinski definition) is 1. The van der Waals surface area contributed by atoms with Gasteiger partial charge in [-0.1, -0.05) is 18.2 Å². The van der Waals surface area contributed by atoms with Gasteiger partial charge in [-0.2, -0.15) is 5.26 Å². The van der Waals surface area contributed by atoms with Crippen LogP contribution in [0.3, 0.4) is 0 Å². The number of hydrogen-bond acceptors (Lipinski definition) is 4. The number of rotatable bonds is 5. The third-order valence-corrected chi connectivity index (χ3v) is 4.01. The van der Waals surface area contributed by atoms with Gasteiger partial charge in [-0.3, -0.25) is 0 Å². The summed E-state index contributed by atoms with van der Waals surface area (Å²) in [7, 11) is 0. The van der Waals surface area contributed by atoms with E-state index in [9.17, 15) is 0 Å². The average Bonchev–Trinajstić information content (AvgIpc) is 3.08. The molecule has 0 unspecified atom stereocenters. The van der Waals surface area contributed by atoms with Crippen LogP contribution in [-0.2, 0) is 6.42 Å². The van der Waals surface area contributed by atoms with Gasteiger partial charge in [0.05, 0.1) is 0 Å². The van der Waals surface area contributed by atoms with Crippen LogP contribution >= 0.6 is 0 Å². The molecule has 0 spiro atoms. The summed E-state index contributed by atoms with van der Waals surface area (Å²) in [5, 5.41) is 12.1. The van der Waals surface area contributed by atoms with Gasteiger partial charge in [-0.25, -0.2) is 4.98 Å². The lowest BCUT2D eigenvalue weighted by molar-refractivity contribution is 0.343. The molecule has 112 valence electrons. The quantitative estimate of drug-likeness (QED) is 0.918. The van der Waals surface area contributed by atoms with Gasteiger partial charge in [0.1, 0.15) is 17.6 Å². The Morgan fingerprint density at radius 2 is 1.86 bits per heavy atom. The fourth-order valence-electron chi connectivity index (χ4n) is 2.76. The zero-order chi connectivity index (χ0) is 15.2. The molecule has 22 heavy (non-hydrogen) atoms. The van der Waals surface area contributed by atoms with E-state index in [0.29, 0.717) is 11.5 Å². The summed E-state index contributed by atoms with van der Waals surface area (Å²) in [4.78, 5) is 6.75. The Kier molecular flexibility index (Phi) is 4.67. The van der Waals surface area contributed by atoms with E-state index in [2.05, 4.69) is 39.5 Å². The molecule has 0 radical (unpaired) electrons. The largest absolute Gasteiger partial charge is 0.340 e. The van der Waals surface area contributed by atoms with Gasteiger partial charge in [0.2, 0.25) is 0 Å². The van der Waals surface area contributed by atoms with Gasteiger partial charge in [0.15, 0.2) is 0 Å². The maximum Gasteiger partial charge on any atom is 0.142 e. The van der Waals surface area contributed by atoms with E-state index in [-0.39, 0.29) is 0 Å². The molecular formula is C18H20N4. The molecule has 1 fully saturated rings. The highest BCUT2D eigenvalue weighted by Crippen LogP contribution is 2.16. The van der Waals surface area contributed by atoms with Crippen molar-refractivity contribution in [3.8, 4) is 6.07 Å². The summed E-state index contributed by atoms with van der Waals surface area (Å²) in [5.41, 5.74) is 2.77. The fourth-order valence-corrected chi connectivity index (χ4v) is 2.76. The highest BCUT2D eigenvalue weighted by Gasteiger charge is 2.10. The molecule has 0 amide bonds. The zero-order valence-electron chi connectivity index (χ0n) is 12.6. The monoisotopic (exact) mass is 292 g/mol. The molecule has 1 saturated heterocycles. The summed E-state index contributed by atoms with van der Waals surface area (Å²) < 4.78 is 0. The second kappa shape index (κ2) is 7.06. The van der Waals surface area contributed by atoms with E-state index < -0.39 is 0 Å². The van der Waals surface area contributed by atoms with Crippen molar-refractivity contribution < 1.29 is 0 Å². The molecule has 2 aromatic rings. The number of nitrogens with one attached hydrogen (secondary N) is 1. The molecule has 4 heteroatoms. The summed E-state index contributed by atoms with van der Waals surface area (Å²) in [6, 6.07) is 15.9. The van der Waals surface area contributed by atoms with Crippen LogP contribution < -0.4 is 5.32 Å². The lowest BCUT2D eigenvalue weighted by Gasteiger charge is -2.14. The molecule has 4 nitrogen and oxygen atoms in total. The van der Waals surface area contributed by atoms with Crippen LogP contribution in [0.2, 0.25) is 0 Å². The number of nitrogens with zero attached hydrogens (tertiary/aromatic N) is 3. The van der Waals surface area contributed by atoms with Gasteiger partial charge in [0.25, 0.3) is 0 Å². The van der Waals surface area contributed by atoms with Crippen molar-refractivity contribution in [1.82, 2.24) is 9.88 Å². The summed E-state index contributed by atoms with van der Waals surface area (Å²) >= 11 is 0. The van der Waals surface area contributed by atoms with E-state index in [0.717, 1.165) is 18.7 Å². The van der Waals surface area contributed by atoms with Crippen LogP contribution in [0.4, 0.5) is 11.5 Å². The number of aromatic nitrogens is 1. The third kappa shape index (κ3) is 3.84. The number of nitriles is 1. The Morgan fingerprint density at radius 3 is 2.59 bits per heavy atom. The average molecular weight is 292 g/mol. The minimum atomic E-state index is 0.423. The van der Waals surface area contributed by atoms with E-state index in [1.807, 2.05) is 18.2 Å². The zero-order valence-corrected chi connectivity index (χ0v) is 12.6. The lowest BCUT2D eigenvalue weighted by atomic mass is 10.1. The second-order valence-electron chi connectivity index (χ2n) is 5.64. The van der Waals surface area contributed by atoms with Crippen molar-refractivity contribution in [3.05, 3.63) is 53.7 Å². The fraction of sp³-hybridized carbons (Fsp3) is 0.333. The van der Waals surface area contributed by atoms with Crippen LogP contribution in [-0.4, -0.2) is 29.5 Å². The first-order valence-corrected chi connectivity index (χ1v) is 7.79. The first kappa shape index (κ1) is 14.6. The molecule has 0 atom stereocenters. The maximum absolute atomic E-state index is 8.87. The van der Waals surface area contributed by atoms with Crippen LogP contribution in [0.15, 0.2) is 42.5 Å². The van der Waals surface area contributed by atoms with E-state index >= 15 is 0 Å². The smallest absolute Gasteiger partial charge is 0.142 e. The molecule has 1 aliphatic heterocycles. The topological polar surface area (TPSA) is 52.0 Å². The molecule has 0 aliphatic carbocycles. The summed E-state index contributed by atoms with van der Waals surface area (Å²) in [5.74, 6) is 0.698. The predicted molar refractivity (Wildman–Crippen MR) is 88.1 cm³/mol. The lowest BCUT2D eigenvalue weighted by Crippen LogP contribution is -2.21. The van der Waals surface area contributed by atoms with Crippen LogP contribution in [0, 0.1) is 11.3 Å². The minimum Gasteiger partial charge on any atom is -0.340 e. The third-order valence-electron chi connectivity index (χ3n) is 4.01. The van der Waals surface area contributed by atoms with Crippen molar-refractivity contribution in [1.29, 1.82) is 5.26 Å². The normalized spacial score (nSPS) is 14.7. The molecule has 1 aromatic carbocycles. The van der Waals surface area contributed by atoms with Gasteiger partial charge >= 0.3 is 0 Å². The Balaban J connectivity index is 1.57. The van der Waals surface area contributed by atoms with Crippen molar-refractivity contribution in [3.63, 3.8) is 0 Å². The number of benzene rings is 1. The first-order chi connectivity index (χ1) is 10.8. The van der Waals surface area contributed by atoms with Gasteiger partial charge in [-0.05, 0) is 62.2 Å². The Labute approximate surface area is 131 Å². The number of likely N-dealkylation sites (tertiary alicyclic amines) is 1. The van der Waals surface area contributed by atoms with E-state index in [1.54, 1.807) is 6.07 Å². The van der Waals surface area contributed by atoms with Crippen molar-refractivity contribution >= 4 is 11.5 Å². The molecule has 2 heterocycles. The SMILES string of the molecule is N#Cc1cccc(Nc2ccc(CCN3CCCC3)cc2)n1. The van der Waals surface area contributed by atoms with Gasteiger partial charge in [0, 0.05) is 12.2 Å². The Bertz CT molecular complexity index is 652. The van der Waals surface area contributed by atoms with Crippen molar-refractivity contribution in [2.75, 3.05) is 25.0 Å². The van der Waals surface area contributed by atoms with E-state index in [4.69, 9.17) is 5.26 Å². The Morgan fingerprint density at radius 1 is 1.09 bits per heavy atom. The van der Waals surface area contributed by atoms with Gasteiger partial charge in [-0.15, -0.1) is 0 Å². The first-order valence-electron chi connectivity index (χ1n) is 7.79. The highest BCUT2D eigenvalue weighted by molar-refractivity contribution is 5.56. The molecule has 1 aliphatic rings. The molecular weight excluding hydrogens is 272 g/mol. The molecule has 1 N–H and O–H groups in total. The maximum atomic E-state index is 8.87. The minimum absolute atomic E-state index is 0.423. The second-order valence-corrected chi connectivity index (χ2v) is 5.64. The summed E-state index contributed by atoms with van der Waals surface area (Å²) in [6.45, 7) is 3.65. The molecule has 0 saturated carbocycles. The molecule has 1 aromatic heterocycles. The molecule has 0 bridgehead atoms. The number of pyridine rings is 1. The number of anilines is 2.